The van der Waals surface area contributed by atoms with Crippen molar-refractivity contribution in [1.82, 2.24) is 9.78 Å². The van der Waals surface area contributed by atoms with Crippen LogP contribution in [0.15, 0.2) is 30.5 Å². The average molecular weight is 344 g/mol. The van der Waals surface area contributed by atoms with Crippen molar-refractivity contribution in [2.24, 2.45) is 0 Å². The van der Waals surface area contributed by atoms with Crippen molar-refractivity contribution in [3.8, 4) is 5.75 Å². The van der Waals surface area contributed by atoms with E-state index in [0.29, 0.717) is 0 Å². The van der Waals surface area contributed by atoms with Gasteiger partial charge in [0.25, 0.3) is 5.69 Å². The molecule has 24 heavy (non-hydrogen) atoms. The second-order valence-electron chi connectivity index (χ2n) is 4.58. The van der Waals surface area contributed by atoms with Crippen LogP contribution in [-0.4, -0.2) is 27.7 Å². The van der Waals surface area contributed by atoms with Gasteiger partial charge in [-0.1, -0.05) is 0 Å². The summed E-state index contributed by atoms with van der Waals surface area (Å²) in [6.07, 6.45) is -3.62. The second kappa shape index (κ2) is 6.56. The van der Waals surface area contributed by atoms with Crippen LogP contribution in [0.1, 0.15) is 5.69 Å². The van der Waals surface area contributed by atoms with E-state index in [2.05, 4.69) is 10.4 Å². The zero-order chi connectivity index (χ0) is 17.9. The SMILES string of the molecule is COc1ccc(NC(=O)Cn2ccc(C(F)(F)F)n2)c([N+](=O)[O-])c1. The number of nitrogens with zero attached hydrogens (tertiary/aromatic N) is 3. The molecule has 1 aromatic heterocycles. The van der Waals surface area contributed by atoms with E-state index in [1.807, 2.05) is 0 Å². The van der Waals surface area contributed by atoms with Gasteiger partial charge < -0.3 is 10.1 Å². The Labute approximate surface area is 133 Å². The Morgan fingerprint density at radius 3 is 2.67 bits per heavy atom. The molecular weight excluding hydrogens is 333 g/mol. The molecule has 0 bridgehead atoms. The van der Waals surface area contributed by atoms with Gasteiger partial charge in [0, 0.05) is 6.20 Å². The molecule has 1 amide bonds. The molecular formula is C13H11F3N4O4. The Kier molecular flexibility index (Phi) is 4.71. The predicted molar refractivity (Wildman–Crippen MR) is 75.5 cm³/mol. The third kappa shape index (κ3) is 4.00. The number of amides is 1. The van der Waals surface area contributed by atoms with Gasteiger partial charge in [-0.15, -0.1) is 0 Å². The number of hydrogen-bond donors (Lipinski definition) is 1. The standard InChI is InChI=1S/C13H11F3N4O4/c1-24-8-2-3-9(10(6-8)20(22)23)17-12(21)7-19-5-4-11(18-19)13(14,15)16/h2-6H,7H2,1H3,(H,17,21). The highest BCUT2D eigenvalue weighted by molar-refractivity contribution is 5.93. The Hall–Kier alpha value is -3.11. The number of nitro benzene ring substituents is 1. The van der Waals surface area contributed by atoms with Crippen LogP contribution in [0.5, 0.6) is 5.75 Å². The van der Waals surface area contributed by atoms with Gasteiger partial charge in [0.2, 0.25) is 5.91 Å². The van der Waals surface area contributed by atoms with Crippen LogP contribution >= 0.6 is 0 Å². The van der Waals surface area contributed by atoms with Gasteiger partial charge in [-0.2, -0.15) is 18.3 Å². The first-order valence-electron chi connectivity index (χ1n) is 6.43. The molecule has 2 aromatic rings. The maximum Gasteiger partial charge on any atom is 0.435 e. The number of rotatable bonds is 5. The summed E-state index contributed by atoms with van der Waals surface area (Å²) in [5.41, 5.74) is -1.64. The molecule has 1 heterocycles. The quantitative estimate of drug-likeness (QED) is 0.663. The summed E-state index contributed by atoms with van der Waals surface area (Å²) in [5.74, 6) is -0.540. The Balaban J connectivity index is 2.12. The summed E-state index contributed by atoms with van der Waals surface area (Å²) in [6.45, 7) is -0.529. The minimum atomic E-state index is -4.61. The summed E-state index contributed by atoms with van der Waals surface area (Å²) >= 11 is 0. The van der Waals surface area contributed by atoms with Crippen LogP contribution in [0, 0.1) is 10.1 Å². The van der Waals surface area contributed by atoms with Crippen LogP contribution in [-0.2, 0) is 17.5 Å². The van der Waals surface area contributed by atoms with E-state index in [1.165, 1.54) is 19.2 Å². The minimum Gasteiger partial charge on any atom is -0.496 e. The number of aromatic nitrogens is 2. The van der Waals surface area contributed by atoms with Gasteiger partial charge in [0.15, 0.2) is 5.69 Å². The van der Waals surface area contributed by atoms with Gasteiger partial charge >= 0.3 is 6.18 Å². The molecule has 0 aliphatic carbocycles. The lowest BCUT2D eigenvalue weighted by atomic mass is 10.2. The van der Waals surface area contributed by atoms with Crippen molar-refractivity contribution in [2.45, 2.75) is 12.7 Å². The molecule has 8 nitrogen and oxygen atoms in total. The first-order chi connectivity index (χ1) is 11.2. The Morgan fingerprint density at radius 1 is 1.42 bits per heavy atom. The highest BCUT2D eigenvalue weighted by Crippen LogP contribution is 2.29. The van der Waals surface area contributed by atoms with Gasteiger partial charge in [-0.3, -0.25) is 19.6 Å². The highest BCUT2D eigenvalue weighted by Gasteiger charge is 2.33. The number of carbonyl (C=O) groups excluding carboxylic acids is 1. The largest absolute Gasteiger partial charge is 0.496 e. The summed E-state index contributed by atoms with van der Waals surface area (Å²) < 4.78 is 42.9. The normalized spacial score (nSPS) is 11.2. The lowest BCUT2D eigenvalue weighted by molar-refractivity contribution is -0.384. The van der Waals surface area contributed by atoms with Crippen molar-refractivity contribution >= 4 is 17.3 Å². The molecule has 11 heteroatoms. The average Bonchev–Trinajstić information content (AvgIpc) is 2.95. The van der Waals surface area contributed by atoms with E-state index in [4.69, 9.17) is 4.74 Å². The van der Waals surface area contributed by atoms with E-state index in [1.54, 1.807) is 0 Å². The van der Waals surface area contributed by atoms with Crippen molar-refractivity contribution in [2.75, 3.05) is 12.4 Å². The third-order valence-electron chi connectivity index (χ3n) is 2.91. The van der Waals surface area contributed by atoms with Crippen LogP contribution in [0.2, 0.25) is 0 Å². The van der Waals surface area contributed by atoms with E-state index >= 15 is 0 Å². The predicted octanol–water partition coefficient (Wildman–Crippen LogP) is 2.46. The van der Waals surface area contributed by atoms with E-state index < -0.39 is 34.9 Å². The highest BCUT2D eigenvalue weighted by atomic mass is 19.4. The Bertz CT molecular complexity index is 773. The smallest absolute Gasteiger partial charge is 0.435 e. The summed E-state index contributed by atoms with van der Waals surface area (Å²) in [4.78, 5) is 22.1. The number of nitro groups is 1. The number of alkyl halides is 3. The van der Waals surface area contributed by atoms with Gasteiger partial charge in [0.05, 0.1) is 18.1 Å². The fourth-order valence-electron chi connectivity index (χ4n) is 1.83. The zero-order valence-corrected chi connectivity index (χ0v) is 12.2. The number of methoxy groups -OCH3 is 1. The molecule has 1 N–H and O–H groups in total. The fourth-order valence-corrected chi connectivity index (χ4v) is 1.83. The van der Waals surface area contributed by atoms with Crippen molar-refractivity contribution < 1.29 is 27.6 Å². The number of halogens is 3. The molecule has 0 unspecified atom stereocenters. The molecule has 0 aliphatic heterocycles. The third-order valence-corrected chi connectivity index (χ3v) is 2.91. The molecule has 0 spiro atoms. The van der Waals surface area contributed by atoms with Crippen LogP contribution in [0.3, 0.4) is 0 Å². The van der Waals surface area contributed by atoms with Crippen LogP contribution in [0.25, 0.3) is 0 Å². The first-order valence-corrected chi connectivity index (χ1v) is 6.43. The van der Waals surface area contributed by atoms with Gasteiger partial charge in [0.1, 0.15) is 18.0 Å². The Morgan fingerprint density at radius 2 is 2.12 bits per heavy atom. The topological polar surface area (TPSA) is 99.3 Å². The van der Waals surface area contributed by atoms with Gasteiger partial charge in [-0.05, 0) is 18.2 Å². The molecule has 2 rings (SSSR count). The summed E-state index contributed by atoms with van der Waals surface area (Å²) in [7, 11) is 1.33. The molecule has 0 radical (unpaired) electrons. The summed E-state index contributed by atoms with van der Waals surface area (Å²) in [5, 5.41) is 16.5. The van der Waals surface area contributed by atoms with Gasteiger partial charge in [-0.25, -0.2) is 0 Å². The number of benzene rings is 1. The fraction of sp³-hybridized carbons (Fsp3) is 0.231. The number of nitrogens with one attached hydrogen (secondary N) is 1. The number of anilines is 1. The maximum atomic E-state index is 12.4. The molecule has 0 saturated heterocycles. The van der Waals surface area contributed by atoms with Crippen molar-refractivity contribution in [3.05, 3.63) is 46.3 Å². The second-order valence-corrected chi connectivity index (χ2v) is 4.58. The van der Waals surface area contributed by atoms with E-state index in [-0.39, 0.29) is 11.4 Å². The zero-order valence-electron chi connectivity index (χ0n) is 12.2. The monoisotopic (exact) mass is 344 g/mol. The maximum absolute atomic E-state index is 12.4. The lowest BCUT2D eigenvalue weighted by Crippen LogP contribution is -2.20. The number of hydrogen-bond acceptors (Lipinski definition) is 5. The molecule has 1 aromatic carbocycles. The van der Waals surface area contributed by atoms with Crippen LogP contribution < -0.4 is 10.1 Å². The van der Waals surface area contributed by atoms with E-state index in [0.717, 1.165) is 23.0 Å². The van der Waals surface area contributed by atoms with Crippen molar-refractivity contribution in [1.29, 1.82) is 0 Å². The molecule has 0 saturated carbocycles. The molecule has 0 aliphatic rings. The molecule has 128 valence electrons. The molecule has 0 fully saturated rings. The minimum absolute atomic E-state index is 0.103. The molecule has 0 atom stereocenters. The number of carbonyl (C=O) groups is 1. The number of ether oxygens (including phenoxy) is 1. The van der Waals surface area contributed by atoms with E-state index in [9.17, 15) is 28.1 Å². The van der Waals surface area contributed by atoms with Crippen molar-refractivity contribution in [3.63, 3.8) is 0 Å². The first kappa shape index (κ1) is 17.2. The van der Waals surface area contributed by atoms with Crippen LogP contribution in [0.4, 0.5) is 24.5 Å². The summed E-state index contributed by atoms with van der Waals surface area (Å²) in [6, 6.07) is 4.51. The lowest BCUT2D eigenvalue weighted by Gasteiger charge is -2.08.